The average Bonchev–Trinajstić information content (AvgIpc) is 2.57. The number of ether oxygens (including phenoxy) is 1. The van der Waals surface area contributed by atoms with Crippen LogP contribution < -0.4 is 0 Å². The first-order chi connectivity index (χ1) is 17.4. The van der Waals surface area contributed by atoms with Gasteiger partial charge in [-0.05, 0) is 118 Å². The Hall–Kier alpha value is 1.21. The predicted octanol–water partition coefficient (Wildman–Crippen LogP) is 8.05. The summed E-state index contributed by atoms with van der Waals surface area (Å²) in [6.45, 7) is 37.6. The minimum Gasteiger partial charge on any atom is -0.409 e. The Morgan fingerprint density at radius 1 is 0.500 bits per heavy atom. The molecule has 1 saturated heterocycles. The molecule has 0 N–H and O–H groups in total. The van der Waals surface area contributed by atoms with Crippen molar-refractivity contribution in [3.63, 3.8) is 0 Å². The van der Waals surface area contributed by atoms with Gasteiger partial charge in [0.25, 0.3) is 0 Å². The van der Waals surface area contributed by atoms with Crippen LogP contribution in [-0.2, 0) is 40.0 Å². The van der Waals surface area contributed by atoms with E-state index in [4.69, 9.17) is 35.4 Å². The molecule has 240 valence electrons. The van der Waals surface area contributed by atoms with Gasteiger partial charge in [-0.15, -0.1) is 0 Å². The fourth-order valence-corrected chi connectivity index (χ4v) is 14.7. The maximum atomic E-state index is 14.0. The van der Waals surface area contributed by atoms with Crippen molar-refractivity contribution in [3.05, 3.63) is 0 Å². The third-order valence-electron chi connectivity index (χ3n) is 4.70. The van der Waals surface area contributed by atoms with E-state index in [0.29, 0.717) is 0 Å². The summed E-state index contributed by atoms with van der Waals surface area (Å²) in [6.07, 6.45) is -2.71. The van der Waals surface area contributed by atoms with Crippen molar-refractivity contribution in [2.75, 3.05) is 6.61 Å². The summed E-state index contributed by atoms with van der Waals surface area (Å²) in [7, 11) is -16.7. The van der Waals surface area contributed by atoms with Crippen LogP contribution >= 0.6 is 7.82 Å². The molecule has 0 radical (unpaired) electrons. The highest BCUT2D eigenvalue weighted by Crippen LogP contribution is 2.54. The van der Waals surface area contributed by atoms with Gasteiger partial charge in [-0.1, -0.05) is 0 Å². The Kier molecular flexibility index (Phi) is 13.4. The number of hydrogen-bond acceptors (Lipinski definition) is 9. The van der Waals surface area contributed by atoms with Crippen LogP contribution in [0.4, 0.5) is 0 Å². The molecule has 1 aliphatic heterocycles. The van der Waals surface area contributed by atoms with E-state index in [9.17, 15) is 4.57 Å². The van der Waals surface area contributed by atoms with E-state index in [1.165, 1.54) is 0 Å². The minimum absolute atomic E-state index is 0.0435. The highest BCUT2D eigenvalue weighted by molar-refractivity contribution is 7.52. The molecule has 0 saturated carbocycles. The first kappa shape index (κ1) is 39.2. The molecule has 0 aliphatic carbocycles. The van der Waals surface area contributed by atoms with Crippen molar-refractivity contribution in [2.24, 2.45) is 0 Å². The summed E-state index contributed by atoms with van der Waals surface area (Å²) >= 11 is 0. The van der Waals surface area contributed by atoms with Gasteiger partial charge in [-0.3, -0.25) is 4.52 Å². The molecule has 1 fully saturated rings. The van der Waals surface area contributed by atoms with Crippen LogP contribution in [0, 0.1) is 0 Å². The van der Waals surface area contributed by atoms with E-state index in [-0.39, 0.29) is 6.61 Å². The van der Waals surface area contributed by atoms with E-state index in [0.717, 1.165) is 0 Å². The first-order valence-corrected chi connectivity index (χ1v) is 36.3. The molecule has 40 heavy (non-hydrogen) atoms. The third kappa shape index (κ3) is 16.3. The molecule has 0 aromatic heterocycles. The molecule has 1 rings (SSSR count). The van der Waals surface area contributed by atoms with Crippen molar-refractivity contribution in [2.45, 2.75) is 149 Å². The van der Waals surface area contributed by atoms with Gasteiger partial charge in [0.05, 0.1) is 6.61 Å². The molecule has 9 nitrogen and oxygen atoms in total. The van der Waals surface area contributed by atoms with Gasteiger partial charge in [0.15, 0.2) is 56.2 Å². The topological polar surface area (TPSA) is 90.9 Å². The molecule has 0 aromatic carbocycles. The lowest BCUT2D eigenvalue weighted by atomic mass is 9.99. The van der Waals surface area contributed by atoms with E-state index in [1.807, 2.05) is 39.3 Å². The van der Waals surface area contributed by atoms with Gasteiger partial charge in [0.1, 0.15) is 24.4 Å². The summed E-state index contributed by atoms with van der Waals surface area (Å²) in [4.78, 5) is 0. The summed E-state index contributed by atoms with van der Waals surface area (Å²) < 4.78 is 66.0. The molecule has 0 amide bonds. The molecular weight excluding hydrogens is 632 g/mol. The van der Waals surface area contributed by atoms with Crippen LogP contribution in [0.1, 0.15) is 0 Å². The second kappa shape index (κ2) is 13.7. The monoisotopic (exact) mass is 692 g/mol. The second-order valence-electron chi connectivity index (χ2n) is 16.5. The lowest BCUT2D eigenvalue weighted by Crippen LogP contribution is -2.67. The maximum Gasteiger partial charge on any atom is 0.455 e. The molecular formula is C24H61O9PSi6. The molecule has 5 atom stereocenters. The van der Waals surface area contributed by atoms with Crippen LogP contribution in [0.5, 0.6) is 0 Å². The minimum atomic E-state index is -3.87. The third-order valence-corrected chi connectivity index (χ3v) is 15.2. The van der Waals surface area contributed by atoms with E-state index < -0.39 is 88.4 Å². The summed E-state index contributed by atoms with van der Waals surface area (Å²) in [6, 6.07) is 0. The van der Waals surface area contributed by atoms with Gasteiger partial charge in [0.2, 0.25) is 0 Å². The summed E-state index contributed by atoms with van der Waals surface area (Å²) in [5, 5.41) is 0. The highest BCUT2D eigenvalue weighted by atomic mass is 31.2. The quantitative estimate of drug-likeness (QED) is 0.125. The largest absolute Gasteiger partial charge is 0.455 e. The second-order valence-corrected chi connectivity index (χ2v) is 45.4. The van der Waals surface area contributed by atoms with Crippen molar-refractivity contribution < 1.29 is 40.0 Å². The van der Waals surface area contributed by atoms with Crippen LogP contribution in [0.2, 0.25) is 118 Å². The van der Waals surface area contributed by atoms with Crippen LogP contribution in [-0.4, -0.2) is 87.2 Å². The summed E-state index contributed by atoms with van der Waals surface area (Å²) in [5.41, 5.74) is 0. The first-order valence-electron chi connectivity index (χ1n) is 14.4. The highest BCUT2D eigenvalue weighted by Gasteiger charge is 2.53. The zero-order valence-corrected chi connectivity index (χ0v) is 35.6. The van der Waals surface area contributed by atoms with Crippen molar-refractivity contribution in [3.8, 4) is 0 Å². The molecule has 1 unspecified atom stereocenters. The van der Waals surface area contributed by atoms with Crippen LogP contribution in [0.25, 0.3) is 0 Å². The summed E-state index contributed by atoms with van der Waals surface area (Å²) in [5.74, 6) is 0. The Bertz CT molecular complexity index is 834. The molecule has 0 bridgehead atoms. The Balaban J connectivity index is 3.64. The normalized spacial score (nSPS) is 26.3. The standard InChI is InChI=1S/C24H61O9PSi6/c1-35(2,3)28-21-20(19-26-34(25,32-39(13,14)15)33-40(16,17)18)27-24(31-38(10,11)12)23(30-37(7,8)9)22(21)29-36(4,5)6/h20-24H,19H2,1-18H3/t20-,21+,22+,23-,24?/m1/s1. The predicted molar refractivity (Wildman–Crippen MR) is 180 cm³/mol. The van der Waals surface area contributed by atoms with Gasteiger partial charge in [-0.25, -0.2) is 4.57 Å². The molecule has 0 aromatic rings. The van der Waals surface area contributed by atoms with Gasteiger partial charge < -0.3 is 30.9 Å². The van der Waals surface area contributed by atoms with E-state index in [2.05, 4.69) is 78.6 Å². The molecule has 16 heteroatoms. The van der Waals surface area contributed by atoms with Crippen LogP contribution in [0.3, 0.4) is 0 Å². The Morgan fingerprint density at radius 3 is 1.20 bits per heavy atom. The fraction of sp³-hybridized carbons (Fsp3) is 1.00. The lowest BCUT2D eigenvalue weighted by molar-refractivity contribution is -0.268. The molecule has 1 heterocycles. The average molecular weight is 693 g/mol. The Labute approximate surface area is 252 Å². The SMILES string of the molecule is C[Si](C)(C)OC1O[C@H](COP(=O)(O[Si](C)(C)C)O[Si](C)(C)C)[C@H](O[Si](C)(C)C)[C@H](O[Si](C)(C)C)[C@H]1O[Si](C)(C)C. The number of phosphoric acid groups is 1. The number of rotatable bonds is 15. The van der Waals surface area contributed by atoms with E-state index in [1.54, 1.807) is 0 Å². The lowest BCUT2D eigenvalue weighted by Gasteiger charge is -2.51. The van der Waals surface area contributed by atoms with Crippen molar-refractivity contribution in [1.29, 1.82) is 0 Å². The molecule has 1 aliphatic rings. The van der Waals surface area contributed by atoms with Gasteiger partial charge >= 0.3 is 7.82 Å². The zero-order valence-electron chi connectivity index (χ0n) is 28.7. The number of hydrogen-bond donors (Lipinski definition) is 0. The Morgan fingerprint density at radius 2 is 0.850 bits per heavy atom. The van der Waals surface area contributed by atoms with Crippen LogP contribution in [0.15, 0.2) is 0 Å². The van der Waals surface area contributed by atoms with E-state index >= 15 is 0 Å². The van der Waals surface area contributed by atoms with Crippen molar-refractivity contribution in [1.82, 2.24) is 0 Å². The van der Waals surface area contributed by atoms with Gasteiger partial charge in [-0.2, -0.15) is 0 Å². The maximum absolute atomic E-state index is 14.0. The fourth-order valence-electron chi connectivity index (χ4n) is 3.99. The van der Waals surface area contributed by atoms with Crippen molar-refractivity contribution >= 4 is 57.7 Å². The van der Waals surface area contributed by atoms with Gasteiger partial charge in [0, 0.05) is 0 Å². The zero-order chi connectivity index (χ0) is 31.8. The molecule has 0 spiro atoms. The smallest absolute Gasteiger partial charge is 0.409 e.